The Labute approximate surface area is 114 Å². The summed E-state index contributed by atoms with van der Waals surface area (Å²) >= 11 is 0. The Bertz CT molecular complexity index is 199. The second-order valence-corrected chi connectivity index (χ2v) is 6.70. The Morgan fingerprint density at radius 3 is 2.22 bits per heavy atom. The molecule has 0 saturated carbocycles. The second kappa shape index (κ2) is 8.89. The maximum absolute atomic E-state index is 5.21. The van der Waals surface area contributed by atoms with Gasteiger partial charge in [-0.25, -0.2) is 0 Å². The molecule has 0 aromatic rings. The summed E-state index contributed by atoms with van der Waals surface area (Å²) in [7, 11) is 1.78. The van der Waals surface area contributed by atoms with Crippen molar-refractivity contribution in [3.8, 4) is 0 Å². The minimum atomic E-state index is 0.217. The van der Waals surface area contributed by atoms with Crippen molar-refractivity contribution >= 4 is 0 Å². The molecule has 0 heterocycles. The van der Waals surface area contributed by atoms with Crippen LogP contribution in [0.2, 0.25) is 0 Å². The van der Waals surface area contributed by atoms with Gasteiger partial charge in [-0.05, 0) is 46.6 Å². The third-order valence-corrected chi connectivity index (χ3v) is 3.02. The van der Waals surface area contributed by atoms with Crippen LogP contribution in [0.4, 0.5) is 0 Å². The summed E-state index contributed by atoms with van der Waals surface area (Å²) in [5, 5.41) is 3.56. The first-order valence-electron chi connectivity index (χ1n) is 7.24. The molecule has 0 aromatic heterocycles. The molecule has 110 valence electrons. The van der Waals surface area contributed by atoms with E-state index in [1.54, 1.807) is 7.11 Å². The SMILES string of the molecule is COCCN(CC(C)C)C(C)CCNC(C)(C)C. The van der Waals surface area contributed by atoms with Gasteiger partial charge in [-0.15, -0.1) is 0 Å². The van der Waals surface area contributed by atoms with Gasteiger partial charge >= 0.3 is 0 Å². The van der Waals surface area contributed by atoms with Crippen molar-refractivity contribution in [2.45, 2.75) is 59.5 Å². The molecule has 0 aliphatic heterocycles. The third-order valence-electron chi connectivity index (χ3n) is 3.02. The maximum Gasteiger partial charge on any atom is 0.0589 e. The van der Waals surface area contributed by atoms with Crippen LogP contribution >= 0.6 is 0 Å². The van der Waals surface area contributed by atoms with Crippen LogP contribution in [0.1, 0.15) is 48.0 Å². The van der Waals surface area contributed by atoms with Gasteiger partial charge in [-0.2, -0.15) is 0 Å². The van der Waals surface area contributed by atoms with E-state index in [2.05, 4.69) is 51.8 Å². The molecule has 0 rings (SSSR count). The monoisotopic (exact) mass is 258 g/mol. The topological polar surface area (TPSA) is 24.5 Å². The standard InChI is InChI=1S/C15H34N2O/c1-13(2)12-17(10-11-18-7)14(3)8-9-16-15(4,5)6/h13-14,16H,8-12H2,1-7H3. The maximum atomic E-state index is 5.21. The average Bonchev–Trinajstić information content (AvgIpc) is 2.21. The Hall–Kier alpha value is -0.120. The first-order chi connectivity index (χ1) is 8.26. The minimum absolute atomic E-state index is 0.217. The van der Waals surface area contributed by atoms with Crippen LogP contribution in [0.25, 0.3) is 0 Å². The Morgan fingerprint density at radius 1 is 1.17 bits per heavy atom. The van der Waals surface area contributed by atoms with Crippen LogP contribution in [0.5, 0.6) is 0 Å². The molecule has 1 atom stereocenters. The zero-order valence-corrected chi connectivity index (χ0v) is 13.5. The molecule has 0 aromatic carbocycles. The molecule has 0 radical (unpaired) electrons. The summed E-state index contributed by atoms with van der Waals surface area (Å²) in [5.41, 5.74) is 0.217. The number of ether oxygens (including phenoxy) is 1. The summed E-state index contributed by atoms with van der Waals surface area (Å²) < 4.78 is 5.21. The lowest BCUT2D eigenvalue weighted by molar-refractivity contribution is 0.111. The Morgan fingerprint density at radius 2 is 1.78 bits per heavy atom. The highest BCUT2D eigenvalue weighted by Gasteiger charge is 2.16. The number of hydrogen-bond donors (Lipinski definition) is 1. The average molecular weight is 258 g/mol. The highest BCUT2D eigenvalue weighted by molar-refractivity contribution is 4.74. The van der Waals surface area contributed by atoms with Crippen LogP contribution < -0.4 is 5.32 Å². The lowest BCUT2D eigenvalue weighted by Crippen LogP contribution is -2.42. The summed E-state index contributed by atoms with van der Waals surface area (Å²) in [6.07, 6.45) is 1.19. The first-order valence-corrected chi connectivity index (χ1v) is 7.24. The van der Waals surface area contributed by atoms with Crippen molar-refractivity contribution in [2.24, 2.45) is 5.92 Å². The molecule has 0 aliphatic carbocycles. The number of nitrogens with zero attached hydrogens (tertiary/aromatic N) is 1. The van der Waals surface area contributed by atoms with E-state index in [0.717, 1.165) is 26.2 Å². The molecule has 0 amide bonds. The number of nitrogens with one attached hydrogen (secondary N) is 1. The number of hydrogen-bond acceptors (Lipinski definition) is 3. The van der Waals surface area contributed by atoms with E-state index in [1.165, 1.54) is 6.42 Å². The fourth-order valence-corrected chi connectivity index (χ4v) is 2.01. The first kappa shape index (κ1) is 17.9. The van der Waals surface area contributed by atoms with Crippen molar-refractivity contribution in [3.63, 3.8) is 0 Å². The van der Waals surface area contributed by atoms with Crippen LogP contribution in [-0.2, 0) is 4.74 Å². The lowest BCUT2D eigenvalue weighted by atomic mass is 10.1. The zero-order valence-electron chi connectivity index (χ0n) is 13.5. The molecule has 0 aliphatic rings. The minimum Gasteiger partial charge on any atom is -0.383 e. The van der Waals surface area contributed by atoms with Gasteiger partial charge < -0.3 is 10.1 Å². The molecule has 18 heavy (non-hydrogen) atoms. The van der Waals surface area contributed by atoms with Gasteiger partial charge in [0.25, 0.3) is 0 Å². The highest BCUT2D eigenvalue weighted by Crippen LogP contribution is 2.08. The molecular weight excluding hydrogens is 224 g/mol. The van der Waals surface area contributed by atoms with Gasteiger partial charge in [0.05, 0.1) is 6.61 Å². The van der Waals surface area contributed by atoms with Gasteiger partial charge in [0.15, 0.2) is 0 Å². The van der Waals surface area contributed by atoms with Gasteiger partial charge in [-0.3, -0.25) is 4.90 Å². The predicted molar refractivity (Wildman–Crippen MR) is 80.1 cm³/mol. The Balaban J connectivity index is 4.07. The Kier molecular flexibility index (Phi) is 8.83. The van der Waals surface area contributed by atoms with Crippen LogP contribution in [0.3, 0.4) is 0 Å². The second-order valence-electron chi connectivity index (χ2n) is 6.70. The van der Waals surface area contributed by atoms with Crippen molar-refractivity contribution in [3.05, 3.63) is 0 Å². The van der Waals surface area contributed by atoms with Crippen LogP contribution in [0, 0.1) is 5.92 Å². The van der Waals surface area contributed by atoms with Crippen molar-refractivity contribution < 1.29 is 4.74 Å². The van der Waals surface area contributed by atoms with Gasteiger partial charge in [-0.1, -0.05) is 13.8 Å². The predicted octanol–water partition coefficient (Wildman–Crippen LogP) is 2.76. The number of methoxy groups -OCH3 is 1. The molecule has 0 bridgehead atoms. The zero-order chi connectivity index (χ0) is 14.2. The van der Waals surface area contributed by atoms with Crippen LogP contribution in [0.15, 0.2) is 0 Å². The summed E-state index contributed by atoms with van der Waals surface area (Å²) in [6.45, 7) is 17.6. The quantitative estimate of drug-likeness (QED) is 0.688. The fourth-order valence-electron chi connectivity index (χ4n) is 2.01. The van der Waals surface area contributed by atoms with Crippen LogP contribution in [-0.4, -0.2) is 49.8 Å². The highest BCUT2D eigenvalue weighted by atomic mass is 16.5. The van der Waals surface area contributed by atoms with E-state index >= 15 is 0 Å². The fraction of sp³-hybridized carbons (Fsp3) is 1.00. The van der Waals surface area contributed by atoms with Gasteiger partial charge in [0, 0.05) is 31.8 Å². The summed E-state index contributed by atoms with van der Waals surface area (Å²) in [4.78, 5) is 2.54. The van der Waals surface area contributed by atoms with Crippen molar-refractivity contribution in [1.29, 1.82) is 0 Å². The van der Waals surface area contributed by atoms with E-state index in [0.29, 0.717) is 12.0 Å². The molecule has 1 unspecified atom stereocenters. The van der Waals surface area contributed by atoms with E-state index in [4.69, 9.17) is 4.74 Å². The molecular formula is C15H34N2O. The molecule has 0 saturated heterocycles. The lowest BCUT2D eigenvalue weighted by Gasteiger charge is -2.31. The van der Waals surface area contributed by atoms with E-state index in [9.17, 15) is 0 Å². The van der Waals surface area contributed by atoms with Crippen molar-refractivity contribution in [2.75, 3.05) is 33.4 Å². The summed E-state index contributed by atoms with van der Waals surface area (Å²) in [6, 6.07) is 0.609. The van der Waals surface area contributed by atoms with Gasteiger partial charge in [0.1, 0.15) is 0 Å². The third kappa shape index (κ3) is 9.86. The normalized spacial score (nSPS) is 14.5. The summed E-state index contributed by atoms with van der Waals surface area (Å²) in [5.74, 6) is 0.708. The van der Waals surface area contributed by atoms with Crippen molar-refractivity contribution in [1.82, 2.24) is 10.2 Å². The van der Waals surface area contributed by atoms with E-state index in [1.807, 2.05) is 0 Å². The van der Waals surface area contributed by atoms with E-state index < -0.39 is 0 Å². The molecule has 3 nitrogen and oxygen atoms in total. The molecule has 0 fully saturated rings. The molecule has 0 spiro atoms. The molecule has 1 N–H and O–H groups in total. The number of rotatable bonds is 9. The van der Waals surface area contributed by atoms with E-state index in [-0.39, 0.29) is 5.54 Å². The van der Waals surface area contributed by atoms with Gasteiger partial charge in [0.2, 0.25) is 0 Å². The molecule has 3 heteroatoms. The largest absolute Gasteiger partial charge is 0.383 e. The smallest absolute Gasteiger partial charge is 0.0589 e.